The van der Waals surface area contributed by atoms with Crippen LogP contribution >= 0.6 is 0 Å². The lowest BCUT2D eigenvalue weighted by molar-refractivity contribution is -0.130. The van der Waals surface area contributed by atoms with Crippen molar-refractivity contribution < 1.29 is 4.79 Å². The number of carbonyl (C=O) groups is 1. The Morgan fingerprint density at radius 1 is 1.16 bits per heavy atom. The third-order valence-corrected chi connectivity index (χ3v) is 3.01. The van der Waals surface area contributed by atoms with Crippen LogP contribution in [-0.2, 0) is 17.8 Å². The maximum atomic E-state index is 11.8. The molecule has 1 amide bonds. The van der Waals surface area contributed by atoms with Crippen molar-refractivity contribution in [3.63, 3.8) is 0 Å². The molecule has 3 nitrogen and oxygen atoms in total. The zero-order chi connectivity index (χ0) is 14.4. The summed E-state index contributed by atoms with van der Waals surface area (Å²) in [5.41, 5.74) is 8.15. The molecule has 0 saturated heterocycles. The minimum atomic E-state index is -0.0802. The molecule has 0 radical (unpaired) electrons. The average Bonchev–Trinajstić information content (AvgIpc) is 2.30. The van der Waals surface area contributed by atoms with Crippen molar-refractivity contribution >= 4 is 5.91 Å². The Morgan fingerprint density at radius 2 is 1.68 bits per heavy atom. The second kappa shape index (κ2) is 7.29. The topological polar surface area (TPSA) is 46.3 Å². The molecular weight excluding hydrogens is 236 g/mol. The summed E-state index contributed by atoms with van der Waals surface area (Å²) in [6.45, 7) is 6.93. The third kappa shape index (κ3) is 5.88. The summed E-state index contributed by atoms with van der Waals surface area (Å²) in [6, 6.07) is 8.43. The van der Waals surface area contributed by atoms with Crippen molar-refractivity contribution in [1.82, 2.24) is 4.90 Å². The van der Waals surface area contributed by atoms with Crippen LogP contribution in [0.2, 0.25) is 0 Å². The third-order valence-electron chi connectivity index (χ3n) is 3.01. The number of benzene rings is 1. The highest BCUT2D eigenvalue weighted by Gasteiger charge is 2.11. The van der Waals surface area contributed by atoms with Gasteiger partial charge in [0, 0.05) is 26.1 Å². The molecule has 2 N–H and O–H groups in total. The Hall–Kier alpha value is -1.35. The maximum absolute atomic E-state index is 11.8. The van der Waals surface area contributed by atoms with Crippen molar-refractivity contribution in [3.8, 4) is 0 Å². The van der Waals surface area contributed by atoms with Gasteiger partial charge in [-0.25, -0.2) is 0 Å². The number of amides is 1. The fraction of sp³-hybridized carbons (Fsp3) is 0.562. The van der Waals surface area contributed by atoms with Gasteiger partial charge in [-0.1, -0.05) is 38.1 Å². The monoisotopic (exact) mass is 262 g/mol. The van der Waals surface area contributed by atoms with Crippen LogP contribution in [0.15, 0.2) is 24.3 Å². The van der Waals surface area contributed by atoms with E-state index in [2.05, 4.69) is 38.1 Å². The summed E-state index contributed by atoms with van der Waals surface area (Å²) >= 11 is 0. The molecular formula is C16H26N2O. The lowest BCUT2D eigenvalue weighted by Gasteiger charge is -2.18. The van der Waals surface area contributed by atoms with Gasteiger partial charge in [-0.3, -0.25) is 4.79 Å². The smallest absolute Gasteiger partial charge is 0.224 e. The van der Waals surface area contributed by atoms with E-state index in [0.717, 1.165) is 12.0 Å². The van der Waals surface area contributed by atoms with Crippen LogP contribution in [0.25, 0.3) is 0 Å². The van der Waals surface area contributed by atoms with Gasteiger partial charge in [0.2, 0.25) is 5.91 Å². The minimum absolute atomic E-state index is 0.0802. The molecule has 1 atom stereocenters. The van der Waals surface area contributed by atoms with Crippen LogP contribution in [0.4, 0.5) is 0 Å². The Labute approximate surface area is 116 Å². The van der Waals surface area contributed by atoms with E-state index in [1.807, 2.05) is 14.0 Å². The molecule has 0 fully saturated rings. The van der Waals surface area contributed by atoms with Crippen LogP contribution in [-0.4, -0.2) is 23.9 Å². The first kappa shape index (κ1) is 15.7. The predicted octanol–water partition coefficient (Wildman–Crippen LogP) is 2.58. The minimum Gasteiger partial charge on any atom is -0.341 e. The van der Waals surface area contributed by atoms with Crippen LogP contribution < -0.4 is 5.73 Å². The summed E-state index contributed by atoms with van der Waals surface area (Å²) in [5, 5.41) is 0. The van der Waals surface area contributed by atoms with Gasteiger partial charge < -0.3 is 10.6 Å². The summed E-state index contributed by atoms with van der Waals surface area (Å²) in [6.07, 6.45) is 1.50. The number of hydrogen-bond donors (Lipinski definition) is 1. The lowest BCUT2D eigenvalue weighted by Crippen LogP contribution is -2.31. The van der Waals surface area contributed by atoms with Crippen LogP contribution in [0.3, 0.4) is 0 Å². The highest BCUT2D eigenvalue weighted by atomic mass is 16.2. The van der Waals surface area contributed by atoms with Crippen molar-refractivity contribution in [2.24, 2.45) is 11.7 Å². The molecule has 0 saturated carbocycles. The van der Waals surface area contributed by atoms with Gasteiger partial charge in [0.1, 0.15) is 0 Å². The number of rotatable bonds is 6. The van der Waals surface area contributed by atoms with Crippen LogP contribution in [0.1, 0.15) is 38.3 Å². The van der Waals surface area contributed by atoms with Crippen LogP contribution in [0, 0.1) is 5.92 Å². The molecule has 0 spiro atoms. The van der Waals surface area contributed by atoms with E-state index in [4.69, 9.17) is 5.73 Å². The quantitative estimate of drug-likeness (QED) is 0.856. The first-order valence-corrected chi connectivity index (χ1v) is 6.96. The van der Waals surface area contributed by atoms with E-state index in [9.17, 15) is 4.79 Å². The molecule has 106 valence electrons. The largest absolute Gasteiger partial charge is 0.341 e. The molecule has 0 aliphatic carbocycles. The summed E-state index contributed by atoms with van der Waals surface area (Å²) < 4.78 is 0. The average molecular weight is 262 g/mol. The molecule has 0 aliphatic rings. The maximum Gasteiger partial charge on any atom is 0.224 e. The van der Waals surface area contributed by atoms with E-state index >= 15 is 0 Å². The highest BCUT2D eigenvalue weighted by molar-refractivity contribution is 5.76. The fourth-order valence-corrected chi connectivity index (χ4v) is 2.05. The number of nitrogens with zero attached hydrogens (tertiary/aromatic N) is 1. The second-order valence-corrected chi connectivity index (χ2v) is 5.85. The molecule has 0 aromatic heterocycles. The molecule has 1 unspecified atom stereocenters. The Balaban J connectivity index is 2.55. The summed E-state index contributed by atoms with van der Waals surface area (Å²) in [4.78, 5) is 13.6. The van der Waals surface area contributed by atoms with E-state index in [1.54, 1.807) is 4.90 Å². The number of hydrogen-bond acceptors (Lipinski definition) is 2. The Bertz CT molecular complexity index is 396. The Kier molecular flexibility index (Phi) is 6.03. The van der Waals surface area contributed by atoms with Crippen molar-refractivity contribution in [1.29, 1.82) is 0 Å². The zero-order valence-corrected chi connectivity index (χ0v) is 12.5. The van der Waals surface area contributed by atoms with Crippen molar-refractivity contribution in [2.45, 2.75) is 46.2 Å². The van der Waals surface area contributed by atoms with E-state index < -0.39 is 0 Å². The van der Waals surface area contributed by atoms with E-state index in [1.165, 1.54) is 5.56 Å². The summed E-state index contributed by atoms with van der Waals surface area (Å²) in [7, 11) is 1.83. The van der Waals surface area contributed by atoms with E-state index in [-0.39, 0.29) is 11.9 Å². The molecule has 0 bridgehead atoms. The molecule has 1 aromatic carbocycles. The molecule has 0 aliphatic heterocycles. The van der Waals surface area contributed by atoms with Gasteiger partial charge in [-0.2, -0.15) is 0 Å². The normalized spacial score (nSPS) is 12.5. The first-order chi connectivity index (χ1) is 8.88. The van der Waals surface area contributed by atoms with Gasteiger partial charge in [-0.15, -0.1) is 0 Å². The predicted molar refractivity (Wildman–Crippen MR) is 79.7 cm³/mol. The van der Waals surface area contributed by atoms with Gasteiger partial charge in [0.05, 0.1) is 0 Å². The molecule has 0 heterocycles. The van der Waals surface area contributed by atoms with Crippen LogP contribution in [0.5, 0.6) is 0 Å². The lowest BCUT2D eigenvalue weighted by atomic mass is 10.0. The van der Waals surface area contributed by atoms with Gasteiger partial charge in [0.15, 0.2) is 0 Å². The zero-order valence-electron chi connectivity index (χ0n) is 12.5. The van der Waals surface area contributed by atoms with Gasteiger partial charge in [0.25, 0.3) is 0 Å². The fourth-order valence-electron chi connectivity index (χ4n) is 2.05. The molecule has 3 heteroatoms. The SMILES string of the molecule is CC(C)Cc1ccc(CN(C)C(=O)CC(C)N)cc1. The van der Waals surface area contributed by atoms with Gasteiger partial charge >= 0.3 is 0 Å². The number of carbonyl (C=O) groups excluding carboxylic acids is 1. The van der Waals surface area contributed by atoms with Crippen molar-refractivity contribution in [3.05, 3.63) is 35.4 Å². The van der Waals surface area contributed by atoms with Gasteiger partial charge in [-0.05, 0) is 30.4 Å². The highest BCUT2D eigenvalue weighted by Crippen LogP contribution is 2.11. The Morgan fingerprint density at radius 3 is 2.16 bits per heavy atom. The van der Waals surface area contributed by atoms with E-state index in [0.29, 0.717) is 18.9 Å². The molecule has 1 rings (SSSR count). The molecule has 1 aromatic rings. The number of nitrogens with two attached hydrogens (primary N) is 1. The van der Waals surface area contributed by atoms with Crippen molar-refractivity contribution in [2.75, 3.05) is 7.05 Å². The standard InChI is InChI=1S/C16H26N2O/c1-12(2)9-14-5-7-15(8-6-14)11-18(4)16(19)10-13(3)17/h5-8,12-13H,9-11,17H2,1-4H3. The first-order valence-electron chi connectivity index (χ1n) is 6.96. The summed E-state index contributed by atoms with van der Waals surface area (Å²) in [5.74, 6) is 0.766. The second-order valence-electron chi connectivity index (χ2n) is 5.85. The molecule has 19 heavy (non-hydrogen) atoms.